The van der Waals surface area contributed by atoms with Crippen molar-refractivity contribution >= 4 is 116 Å². The molecule has 1 aliphatic rings. The molecule has 308 valence electrons. The second-order valence-corrected chi connectivity index (χ2v) is 16.3. The number of carbonyl (C=O) groups excluding carboxylic acids is 1. The van der Waals surface area contributed by atoms with Gasteiger partial charge in [0.05, 0.1) is 65.8 Å². The number of hydrogen-bond acceptors (Lipinski definition) is 23. The van der Waals surface area contributed by atoms with E-state index in [9.17, 15) is 43.7 Å². The quantitative estimate of drug-likeness (QED) is 0.0243. The number of Topliss-reactive ketones (excluding diaryl/α,β-unsaturated/α-hetero) is 1. The molecule has 0 heterocycles. The molecule has 5 aromatic carbocycles. The third kappa shape index (κ3) is 12.6. The Morgan fingerprint density at radius 1 is 0.524 bits per heavy atom. The predicted molar refractivity (Wildman–Crippen MR) is 216 cm³/mol. The molecule has 11 N–H and O–H groups in total. The third-order valence-corrected chi connectivity index (χ3v) is 10.7. The summed E-state index contributed by atoms with van der Waals surface area (Å²) in [6.45, 7) is 0. The molecule has 0 radical (unpaired) electrons. The summed E-state index contributed by atoms with van der Waals surface area (Å²) in [5.41, 5.74) is 29.3. The third-order valence-electron chi connectivity index (χ3n) is 8.14. The van der Waals surface area contributed by atoms with Crippen molar-refractivity contribution in [3.8, 4) is 0 Å². The summed E-state index contributed by atoms with van der Waals surface area (Å²) in [6.07, 6.45) is 0.632. The van der Waals surface area contributed by atoms with Crippen LogP contribution in [0.3, 0.4) is 0 Å². The minimum absolute atomic E-state index is 0. The molecule has 0 aliphatic heterocycles. The molecule has 29 heteroatoms. The van der Waals surface area contributed by atoms with Gasteiger partial charge in [-0.3, -0.25) is 10.2 Å². The van der Waals surface area contributed by atoms with Gasteiger partial charge in [-0.2, -0.15) is 20.4 Å². The van der Waals surface area contributed by atoms with Crippen LogP contribution in [0, 0.1) is 0 Å². The number of carbonyl (C=O) groups is 1. The molecule has 0 spiro atoms. The van der Waals surface area contributed by atoms with E-state index in [0.717, 1.165) is 12.1 Å². The van der Waals surface area contributed by atoms with E-state index in [2.05, 4.69) is 41.2 Å². The zero-order chi connectivity index (χ0) is 43.7. The van der Waals surface area contributed by atoms with E-state index >= 15 is 0 Å². The summed E-state index contributed by atoms with van der Waals surface area (Å²) in [5, 5.41) is 27.5. The molecule has 1 aliphatic carbocycles. The number of azo groups is 3. The van der Waals surface area contributed by atoms with Crippen LogP contribution in [-0.2, 0) is 30.4 Å². The fourth-order valence-electron chi connectivity index (χ4n) is 5.30. The largest absolute Gasteiger partial charge is 1.00 e. The first-order valence-electron chi connectivity index (χ1n) is 16.3. The van der Waals surface area contributed by atoms with Crippen molar-refractivity contribution in [1.29, 1.82) is 0 Å². The van der Waals surface area contributed by atoms with Crippen molar-refractivity contribution in [2.24, 2.45) is 35.8 Å². The number of hydrogen-bond donors (Lipinski definition) is 6. The molecule has 0 aromatic heterocycles. The van der Waals surface area contributed by atoms with Crippen LogP contribution in [0.1, 0.15) is 15.9 Å². The number of nitrogens with one attached hydrogen (secondary N) is 1. The van der Waals surface area contributed by atoms with Crippen molar-refractivity contribution in [2.75, 3.05) is 34.1 Å². The molecule has 0 amide bonds. The number of hydrazone groups is 1. The summed E-state index contributed by atoms with van der Waals surface area (Å²) in [5.74, 6) is -1.26. The summed E-state index contributed by atoms with van der Waals surface area (Å²) < 4.78 is 109. The van der Waals surface area contributed by atoms with E-state index in [-0.39, 0.29) is 123 Å². The Morgan fingerprint density at radius 2 is 1.03 bits per heavy atom. The molecule has 0 atom stereocenters. The number of benzene rings is 5. The Kier molecular flexibility index (Phi) is 17.6. The van der Waals surface area contributed by atoms with Crippen LogP contribution >= 0.6 is 0 Å². The van der Waals surface area contributed by atoms with Crippen molar-refractivity contribution < 1.29 is 132 Å². The topological polar surface area (TPSA) is 417 Å². The number of anilines is 6. The van der Waals surface area contributed by atoms with Gasteiger partial charge in [0.1, 0.15) is 53.1 Å². The molecule has 0 saturated carbocycles. The maximum Gasteiger partial charge on any atom is 1.00 e. The van der Waals surface area contributed by atoms with Gasteiger partial charge in [0.25, 0.3) is 0 Å². The Labute approximate surface area is 424 Å². The average Bonchev–Trinajstić information content (AvgIpc) is 3.15. The molecule has 0 fully saturated rings. The molecule has 0 bridgehead atoms. The normalized spacial score (nSPS) is 13.6. The molecule has 6 rings (SSSR count). The minimum Gasteiger partial charge on any atom is -0.744 e. The SMILES string of the molecule is Nc1ccc(N=Nc2ccc(N=Nc3c(S(=O)(=O)[O-])cc4c(c3N)C(=O)/C(=N/Nc3ccc(N=Nc5cc(S(=O)(=O)[O-])c(N)cc5N)cc3)C(S(=O)(=O)[O-])=C4)cc2)c(N)c1.[Na+].[Na+].[Na+]. The van der Waals surface area contributed by atoms with Crippen LogP contribution in [0.15, 0.2) is 135 Å². The predicted octanol–water partition coefficient (Wildman–Crippen LogP) is -3.79. The Balaban J connectivity index is 0.00000352. The van der Waals surface area contributed by atoms with Crippen LogP contribution in [0.4, 0.5) is 68.2 Å². The Bertz CT molecular complexity index is 3120. The number of nitrogen functional groups attached to an aromatic ring is 5. The Morgan fingerprint density at radius 3 is 1.56 bits per heavy atom. The molecule has 23 nitrogen and oxygen atoms in total. The molecular formula is C34H26N13Na3O10S3. The molecule has 0 unspecified atom stereocenters. The Hall–Kier alpha value is -4.49. The van der Waals surface area contributed by atoms with Crippen LogP contribution in [0.5, 0.6) is 0 Å². The maximum atomic E-state index is 13.8. The number of nitrogens with zero attached hydrogens (tertiary/aromatic N) is 7. The van der Waals surface area contributed by atoms with E-state index < -0.39 is 79.0 Å². The number of nitrogens with two attached hydrogens (primary N) is 5. The van der Waals surface area contributed by atoms with E-state index in [0.29, 0.717) is 34.9 Å². The van der Waals surface area contributed by atoms with Gasteiger partial charge in [0.2, 0.25) is 5.78 Å². The van der Waals surface area contributed by atoms with E-state index in [1.807, 2.05) is 0 Å². The van der Waals surface area contributed by atoms with Crippen LogP contribution in [-0.4, -0.2) is 50.4 Å². The van der Waals surface area contributed by atoms with Crippen molar-refractivity contribution in [3.63, 3.8) is 0 Å². The summed E-state index contributed by atoms with van der Waals surface area (Å²) in [7, 11) is -15.8. The maximum absolute atomic E-state index is 13.8. The summed E-state index contributed by atoms with van der Waals surface area (Å²) in [6, 6.07) is 18.3. The first-order chi connectivity index (χ1) is 28.1. The van der Waals surface area contributed by atoms with Crippen molar-refractivity contribution in [1.82, 2.24) is 0 Å². The minimum atomic E-state index is -5.48. The number of allylic oxidation sites excluding steroid dienone is 1. The van der Waals surface area contributed by atoms with Gasteiger partial charge in [0, 0.05) is 5.69 Å². The smallest absolute Gasteiger partial charge is 0.744 e. The number of fused-ring (bicyclic) bond motifs is 1. The van der Waals surface area contributed by atoms with Gasteiger partial charge in [-0.25, -0.2) is 25.3 Å². The number of rotatable bonds is 11. The molecule has 5 aromatic rings. The second kappa shape index (κ2) is 21.0. The van der Waals surface area contributed by atoms with Gasteiger partial charge < -0.3 is 42.3 Å². The summed E-state index contributed by atoms with van der Waals surface area (Å²) in [4.78, 5) is 10.8. The average molecular weight is 942 g/mol. The number of ketones is 1. The molecular weight excluding hydrogens is 916 g/mol. The van der Waals surface area contributed by atoms with Crippen molar-refractivity contribution in [2.45, 2.75) is 9.79 Å². The molecule has 63 heavy (non-hydrogen) atoms. The van der Waals surface area contributed by atoms with E-state index in [1.165, 1.54) is 54.6 Å². The van der Waals surface area contributed by atoms with Crippen LogP contribution in [0.25, 0.3) is 6.08 Å². The van der Waals surface area contributed by atoms with Gasteiger partial charge >= 0.3 is 88.7 Å². The van der Waals surface area contributed by atoms with Crippen LogP contribution < -0.4 is 123 Å². The van der Waals surface area contributed by atoms with Gasteiger partial charge in [0.15, 0.2) is 0 Å². The molecule has 0 saturated heterocycles. The first kappa shape index (κ1) is 52.9. The zero-order valence-corrected chi connectivity index (χ0v) is 41.4. The standard InChI is InChI=1S/C34H29N13O10S3.3Na/c35-17-1-10-25(22(36)13-17)44-40-18-2-6-20(7-3-18)42-46-32-28(59(52,53)54)11-16-12-29(60(55,56)57)33(34(48)30(16)31(32)39)47-43-21-8-4-19(5-9-21)41-45-26-15-27(58(49,50)51)24(38)14-23(26)37;;;/h1-15,43H,35-39H2,(H,49,50,51)(H,52,53,54)(H,55,56,57);;;/q;3*+1/p-3/b44-40?,45-41?,46-42?,47-33+;;;. The van der Waals surface area contributed by atoms with E-state index in [4.69, 9.17) is 28.7 Å². The monoisotopic (exact) mass is 941 g/mol. The van der Waals surface area contributed by atoms with Gasteiger partial charge in [-0.15, -0.1) is 15.3 Å². The van der Waals surface area contributed by atoms with Crippen molar-refractivity contribution in [3.05, 3.63) is 101 Å². The summed E-state index contributed by atoms with van der Waals surface area (Å²) >= 11 is 0. The first-order valence-corrected chi connectivity index (χ1v) is 20.6. The van der Waals surface area contributed by atoms with Gasteiger partial charge in [-0.1, -0.05) is 0 Å². The second-order valence-electron chi connectivity index (χ2n) is 12.3. The fraction of sp³-hybridized carbons (Fsp3) is 0. The zero-order valence-electron chi connectivity index (χ0n) is 33.0. The fourth-order valence-corrected chi connectivity index (χ4v) is 7.21. The van der Waals surface area contributed by atoms with Crippen LogP contribution in [0.2, 0.25) is 0 Å². The van der Waals surface area contributed by atoms with E-state index in [1.54, 1.807) is 12.1 Å². The van der Waals surface area contributed by atoms with Gasteiger partial charge in [-0.05, 0) is 96.6 Å².